The highest BCUT2D eigenvalue weighted by molar-refractivity contribution is 5.78. The average Bonchev–Trinajstić information content (AvgIpc) is 3.05. The van der Waals surface area contributed by atoms with E-state index in [0.29, 0.717) is 25.9 Å². The zero-order chi connectivity index (χ0) is 14.5. The zero-order valence-electron chi connectivity index (χ0n) is 11.8. The van der Waals surface area contributed by atoms with Crippen LogP contribution < -0.4 is 10.6 Å². The Morgan fingerprint density at radius 3 is 3.05 bits per heavy atom. The fourth-order valence-electron chi connectivity index (χ4n) is 2.27. The van der Waals surface area contributed by atoms with Crippen molar-refractivity contribution in [2.45, 2.75) is 38.4 Å². The molecule has 1 aliphatic heterocycles. The number of esters is 1. The van der Waals surface area contributed by atoms with Crippen molar-refractivity contribution in [2.24, 2.45) is 0 Å². The van der Waals surface area contributed by atoms with Gasteiger partial charge in [0.25, 0.3) is 0 Å². The van der Waals surface area contributed by atoms with Gasteiger partial charge in [-0.1, -0.05) is 0 Å². The number of carbonyl (C=O) groups is 2. The first kappa shape index (κ1) is 14.5. The van der Waals surface area contributed by atoms with Crippen molar-refractivity contribution in [3.63, 3.8) is 0 Å². The molecule has 2 heterocycles. The summed E-state index contributed by atoms with van der Waals surface area (Å²) in [5.41, 5.74) is 0.936. The maximum absolute atomic E-state index is 11.8. The largest absolute Gasteiger partial charge is 0.468 e. The molecule has 20 heavy (non-hydrogen) atoms. The second kappa shape index (κ2) is 6.51. The van der Waals surface area contributed by atoms with Crippen LogP contribution in [0.15, 0.2) is 12.3 Å². The minimum absolute atomic E-state index is 0.0223. The number of aryl methyl sites for hydroxylation is 2. The fourth-order valence-corrected chi connectivity index (χ4v) is 2.27. The number of methoxy groups -OCH3 is 1. The first-order valence-electron chi connectivity index (χ1n) is 6.69. The molecule has 0 spiro atoms. The summed E-state index contributed by atoms with van der Waals surface area (Å²) in [6.07, 6.45) is 2.80. The van der Waals surface area contributed by atoms with Crippen LogP contribution in [-0.4, -0.2) is 47.4 Å². The van der Waals surface area contributed by atoms with Gasteiger partial charge in [0.2, 0.25) is 5.91 Å². The van der Waals surface area contributed by atoms with Gasteiger partial charge in [0.1, 0.15) is 6.04 Å². The van der Waals surface area contributed by atoms with Gasteiger partial charge in [0.15, 0.2) is 0 Å². The van der Waals surface area contributed by atoms with Gasteiger partial charge in [-0.3, -0.25) is 14.3 Å². The number of nitrogens with zero attached hydrogens (tertiary/aromatic N) is 2. The van der Waals surface area contributed by atoms with Crippen molar-refractivity contribution in [3.05, 3.63) is 18.0 Å². The van der Waals surface area contributed by atoms with Crippen LogP contribution in [0.4, 0.5) is 0 Å². The molecule has 110 valence electrons. The maximum Gasteiger partial charge on any atom is 0.322 e. The van der Waals surface area contributed by atoms with Crippen molar-refractivity contribution in [3.8, 4) is 0 Å². The molecule has 2 N–H and O–H groups in total. The fraction of sp³-hybridized carbons (Fsp3) is 0.615. The average molecular weight is 280 g/mol. The molecule has 7 nitrogen and oxygen atoms in total. The van der Waals surface area contributed by atoms with Crippen LogP contribution in [0.25, 0.3) is 0 Å². The third-order valence-electron chi connectivity index (χ3n) is 3.32. The third kappa shape index (κ3) is 3.80. The Hall–Kier alpha value is -1.89. The van der Waals surface area contributed by atoms with E-state index in [1.807, 2.05) is 19.2 Å². The van der Waals surface area contributed by atoms with E-state index >= 15 is 0 Å². The highest BCUT2D eigenvalue weighted by Gasteiger charge is 2.30. The maximum atomic E-state index is 11.8. The molecule has 1 aliphatic rings. The Morgan fingerprint density at radius 1 is 1.60 bits per heavy atom. The topological polar surface area (TPSA) is 85.2 Å². The minimum atomic E-state index is -0.320. The summed E-state index contributed by atoms with van der Waals surface area (Å²) in [4.78, 5) is 23.2. The van der Waals surface area contributed by atoms with Crippen LogP contribution in [-0.2, 0) is 20.9 Å². The lowest BCUT2D eigenvalue weighted by atomic mass is 10.1. The van der Waals surface area contributed by atoms with Crippen molar-refractivity contribution in [1.29, 1.82) is 0 Å². The first-order chi connectivity index (χ1) is 9.58. The molecule has 1 amide bonds. The van der Waals surface area contributed by atoms with Gasteiger partial charge in [-0.15, -0.1) is 0 Å². The predicted molar refractivity (Wildman–Crippen MR) is 71.9 cm³/mol. The van der Waals surface area contributed by atoms with E-state index in [-0.39, 0.29) is 24.0 Å². The highest BCUT2D eigenvalue weighted by Crippen LogP contribution is 2.08. The number of hydrogen-bond acceptors (Lipinski definition) is 5. The van der Waals surface area contributed by atoms with Crippen LogP contribution in [0.3, 0.4) is 0 Å². The SMILES string of the molecule is COC(=O)[C@@H]1C[C@@H](NC(=O)CCn2ccc(C)n2)CN1. The summed E-state index contributed by atoms with van der Waals surface area (Å²) in [5, 5.41) is 10.2. The summed E-state index contributed by atoms with van der Waals surface area (Å²) in [6.45, 7) is 3.06. The zero-order valence-corrected chi connectivity index (χ0v) is 11.8. The van der Waals surface area contributed by atoms with E-state index in [1.54, 1.807) is 4.68 Å². The standard InChI is InChI=1S/C13H20N4O3/c1-9-3-5-17(16-9)6-4-12(18)15-10-7-11(14-8-10)13(19)20-2/h3,5,10-11,14H,4,6-8H2,1-2H3,(H,15,18)/t10-,11+/m1/s1. The smallest absolute Gasteiger partial charge is 0.322 e. The van der Waals surface area contributed by atoms with Crippen LogP contribution in [0.2, 0.25) is 0 Å². The molecule has 0 aromatic carbocycles. The Labute approximate surface area is 117 Å². The lowest BCUT2D eigenvalue weighted by molar-refractivity contribution is -0.142. The normalized spacial score (nSPS) is 21.7. The van der Waals surface area contributed by atoms with Crippen LogP contribution in [0.1, 0.15) is 18.5 Å². The number of rotatable bonds is 5. The minimum Gasteiger partial charge on any atom is -0.468 e. The van der Waals surface area contributed by atoms with E-state index in [1.165, 1.54) is 7.11 Å². The Kier molecular flexibility index (Phi) is 4.73. The monoisotopic (exact) mass is 280 g/mol. The molecule has 0 aliphatic carbocycles. The lowest BCUT2D eigenvalue weighted by Gasteiger charge is -2.11. The van der Waals surface area contributed by atoms with Gasteiger partial charge in [-0.2, -0.15) is 5.10 Å². The third-order valence-corrected chi connectivity index (χ3v) is 3.32. The van der Waals surface area contributed by atoms with Crippen molar-refractivity contribution >= 4 is 11.9 Å². The number of hydrogen-bond donors (Lipinski definition) is 2. The molecule has 7 heteroatoms. The van der Waals surface area contributed by atoms with E-state index in [4.69, 9.17) is 0 Å². The summed E-state index contributed by atoms with van der Waals surface area (Å²) < 4.78 is 6.42. The summed E-state index contributed by atoms with van der Waals surface area (Å²) in [6, 6.07) is 1.56. The van der Waals surface area contributed by atoms with Gasteiger partial charge in [0, 0.05) is 31.7 Å². The van der Waals surface area contributed by atoms with Gasteiger partial charge >= 0.3 is 5.97 Å². The predicted octanol–water partition coefficient (Wildman–Crippen LogP) is -0.399. The molecular weight excluding hydrogens is 260 g/mol. The molecule has 1 fully saturated rings. The van der Waals surface area contributed by atoms with Crippen LogP contribution >= 0.6 is 0 Å². The summed E-state index contributed by atoms with van der Waals surface area (Å²) >= 11 is 0. The molecule has 1 aromatic heterocycles. The first-order valence-corrected chi connectivity index (χ1v) is 6.69. The van der Waals surface area contributed by atoms with Crippen molar-refractivity contribution in [1.82, 2.24) is 20.4 Å². The molecule has 0 bridgehead atoms. The molecule has 0 saturated carbocycles. The van der Waals surface area contributed by atoms with E-state index in [9.17, 15) is 9.59 Å². The number of aromatic nitrogens is 2. The van der Waals surface area contributed by atoms with Gasteiger partial charge in [0.05, 0.1) is 12.8 Å². The van der Waals surface area contributed by atoms with Crippen molar-refractivity contribution in [2.75, 3.05) is 13.7 Å². The van der Waals surface area contributed by atoms with Crippen molar-refractivity contribution < 1.29 is 14.3 Å². The molecule has 2 rings (SSSR count). The van der Waals surface area contributed by atoms with Crippen LogP contribution in [0.5, 0.6) is 0 Å². The number of carbonyl (C=O) groups excluding carboxylic acids is 2. The van der Waals surface area contributed by atoms with Crippen LogP contribution in [0, 0.1) is 6.92 Å². The summed E-state index contributed by atoms with van der Waals surface area (Å²) in [5.74, 6) is -0.316. The van der Waals surface area contributed by atoms with E-state index < -0.39 is 0 Å². The second-order valence-electron chi connectivity index (χ2n) is 4.95. The Bertz CT molecular complexity index is 486. The molecule has 0 radical (unpaired) electrons. The molecule has 2 atom stereocenters. The Morgan fingerprint density at radius 2 is 2.40 bits per heavy atom. The second-order valence-corrected chi connectivity index (χ2v) is 4.95. The van der Waals surface area contributed by atoms with E-state index in [0.717, 1.165) is 5.69 Å². The Balaban J connectivity index is 1.71. The molecule has 0 unspecified atom stereocenters. The quantitative estimate of drug-likeness (QED) is 0.717. The van der Waals surface area contributed by atoms with E-state index in [2.05, 4.69) is 20.5 Å². The highest BCUT2D eigenvalue weighted by atomic mass is 16.5. The number of amides is 1. The molecule has 1 saturated heterocycles. The molecular formula is C13H20N4O3. The number of ether oxygens (including phenoxy) is 1. The van der Waals surface area contributed by atoms with Gasteiger partial charge in [-0.25, -0.2) is 0 Å². The van der Waals surface area contributed by atoms with Gasteiger partial charge in [-0.05, 0) is 19.4 Å². The van der Waals surface area contributed by atoms with Gasteiger partial charge < -0.3 is 15.4 Å². The lowest BCUT2D eigenvalue weighted by Crippen LogP contribution is -2.36. The number of nitrogens with one attached hydrogen (secondary N) is 2. The molecule has 1 aromatic rings. The summed E-state index contributed by atoms with van der Waals surface area (Å²) in [7, 11) is 1.36.